The number of hydrogen-bond acceptors (Lipinski definition) is 3. The van der Waals surface area contributed by atoms with Crippen LogP contribution >= 0.6 is 0 Å². The van der Waals surface area contributed by atoms with E-state index in [1.807, 2.05) is 0 Å². The van der Waals surface area contributed by atoms with Gasteiger partial charge in [0.2, 0.25) is 0 Å². The summed E-state index contributed by atoms with van der Waals surface area (Å²) in [5, 5.41) is 3.57. The Hall–Kier alpha value is -0.380. The molecule has 4 atom stereocenters. The molecule has 2 aliphatic rings. The third kappa shape index (κ3) is 3.06. The molecule has 1 aliphatic carbocycles. The first-order chi connectivity index (χ1) is 7.79. The topological polar surface area (TPSA) is 47.3 Å². The van der Waals surface area contributed by atoms with Gasteiger partial charge < -0.3 is 15.8 Å². The summed E-state index contributed by atoms with van der Waals surface area (Å²) < 4.78 is 5.68. The molecule has 0 aromatic carbocycles. The second-order valence-electron chi connectivity index (χ2n) is 5.07. The molecular weight excluding hydrogens is 200 g/mol. The summed E-state index contributed by atoms with van der Waals surface area (Å²) in [6, 6.07) is 0.282. The van der Waals surface area contributed by atoms with Crippen LogP contribution in [-0.2, 0) is 4.74 Å². The van der Waals surface area contributed by atoms with E-state index in [0.717, 1.165) is 32.5 Å². The van der Waals surface area contributed by atoms with Crippen molar-refractivity contribution in [1.82, 2.24) is 5.32 Å². The maximum Gasteiger partial charge on any atom is 0.0613 e. The lowest BCUT2D eigenvalue weighted by molar-refractivity contribution is 0.0871. The Bertz CT molecular complexity index is 242. The van der Waals surface area contributed by atoms with Crippen LogP contribution in [0.4, 0.5) is 0 Å². The highest BCUT2D eigenvalue weighted by Gasteiger charge is 2.26. The van der Waals surface area contributed by atoms with Gasteiger partial charge in [-0.3, -0.25) is 0 Å². The van der Waals surface area contributed by atoms with E-state index in [9.17, 15) is 0 Å². The number of nitrogens with one attached hydrogen (secondary N) is 1. The molecule has 4 unspecified atom stereocenters. The third-order valence-corrected chi connectivity index (χ3v) is 3.77. The highest BCUT2D eigenvalue weighted by atomic mass is 16.5. The Labute approximate surface area is 98.4 Å². The molecule has 3 N–H and O–H groups in total. The van der Waals surface area contributed by atoms with E-state index < -0.39 is 0 Å². The fraction of sp³-hybridized carbons (Fsp3) is 0.846. The van der Waals surface area contributed by atoms with E-state index in [1.165, 1.54) is 6.42 Å². The lowest BCUT2D eigenvalue weighted by Gasteiger charge is -2.18. The minimum absolute atomic E-state index is 0.282. The predicted molar refractivity (Wildman–Crippen MR) is 66.2 cm³/mol. The van der Waals surface area contributed by atoms with Crippen molar-refractivity contribution in [1.29, 1.82) is 0 Å². The van der Waals surface area contributed by atoms with Crippen LogP contribution in [0, 0.1) is 11.8 Å². The van der Waals surface area contributed by atoms with E-state index in [4.69, 9.17) is 10.5 Å². The molecule has 1 saturated heterocycles. The minimum Gasteiger partial charge on any atom is -0.378 e. The van der Waals surface area contributed by atoms with Crippen LogP contribution in [0.25, 0.3) is 0 Å². The first-order valence-electron chi connectivity index (χ1n) is 6.55. The molecule has 0 spiro atoms. The Balaban J connectivity index is 1.62. The van der Waals surface area contributed by atoms with Gasteiger partial charge in [0.15, 0.2) is 0 Å². The Kier molecular flexibility index (Phi) is 4.38. The Morgan fingerprint density at radius 1 is 1.38 bits per heavy atom. The van der Waals surface area contributed by atoms with Crippen molar-refractivity contribution in [2.75, 3.05) is 19.7 Å². The fourth-order valence-electron chi connectivity index (χ4n) is 2.79. The predicted octanol–water partition coefficient (Wildman–Crippen LogP) is 1.29. The molecule has 3 nitrogen and oxygen atoms in total. The molecule has 0 bridgehead atoms. The molecule has 1 heterocycles. The van der Waals surface area contributed by atoms with Crippen LogP contribution in [-0.4, -0.2) is 31.8 Å². The lowest BCUT2D eigenvalue weighted by atomic mass is 9.99. The molecule has 0 radical (unpaired) electrons. The summed E-state index contributed by atoms with van der Waals surface area (Å²) in [4.78, 5) is 0. The van der Waals surface area contributed by atoms with Gasteiger partial charge >= 0.3 is 0 Å². The quantitative estimate of drug-likeness (QED) is 0.692. The summed E-state index contributed by atoms with van der Waals surface area (Å²) in [5.74, 6) is 1.35. The molecule has 0 aromatic rings. The van der Waals surface area contributed by atoms with E-state index in [0.29, 0.717) is 17.9 Å². The Morgan fingerprint density at radius 3 is 2.94 bits per heavy atom. The zero-order valence-electron chi connectivity index (χ0n) is 10.2. The minimum atomic E-state index is 0.282. The molecule has 1 fully saturated rings. The van der Waals surface area contributed by atoms with Crippen molar-refractivity contribution in [3.8, 4) is 0 Å². The van der Waals surface area contributed by atoms with Crippen molar-refractivity contribution in [2.24, 2.45) is 17.6 Å². The highest BCUT2D eigenvalue weighted by molar-refractivity contribution is 5.05. The van der Waals surface area contributed by atoms with Gasteiger partial charge in [0.1, 0.15) is 0 Å². The van der Waals surface area contributed by atoms with Gasteiger partial charge in [-0.2, -0.15) is 0 Å². The number of ether oxygens (including phenoxy) is 1. The Morgan fingerprint density at radius 2 is 2.25 bits per heavy atom. The highest BCUT2D eigenvalue weighted by Crippen LogP contribution is 2.22. The van der Waals surface area contributed by atoms with E-state index >= 15 is 0 Å². The van der Waals surface area contributed by atoms with E-state index in [-0.39, 0.29) is 6.04 Å². The number of nitrogens with two attached hydrogens (primary N) is 1. The van der Waals surface area contributed by atoms with E-state index in [2.05, 4.69) is 24.4 Å². The van der Waals surface area contributed by atoms with Crippen LogP contribution in [0.5, 0.6) is 0 Å². The number of hydrogen-bond donors (Lipinski definition) is 2. The van der Waals surface area contributed by atoms with Crippen molar-refractivity contribution < 1.29 is 4.74 Å². The van der Waals surface area contributed by atoms with Crippen molar-refractivity contribution >= 4 is 0 Å². The monoisotopic (exact) mass is 224 g/mol. The van der Waals surface area contributed by atoms with Crippen LogP contribution in [0.1, 0.15) is 26.2 Å². The maximum absolute atomic E-state index is 5.83. The molecule has 92 valence electrons. The van der Waals surface area contributed by atoms with Gasteiger partial charge in [0.25, 0.3) is 0 Å². The third-order valence-electron chi connectivity index (χ3n) is 3.77. The van der Waals surface area contributed by atoms with Gasteiger partial charge in [-0.25, -0.2) is 0 Å². The summed E-state index contributed by atoms with van der Waals surface area (Å²) in [6.07, 6.45) is 8.31. The zero-order chi connectivity index (χ0) is 11.4. The second kappa shape index (κ2) is 5.80. The molecule has 3 heteroatoms. The molecule has 0 saturated carbocycles. The maximum atomic E-state index is 5.83. The number of rotatable bonds is 5. The largest absolute Gasteiger partial charge is 0.378 e. The fourth-order valence-corrected chi connectivity index (χ4v) is 2.79. The van der Waals surface area contributed by atoms with Crippen molar-refractivity contribution in [3.05, 3.63) is 12.2 Å². The van der Waals surface area contributed by atoms with Crippen LogP contribution in [0.15, 0.2) is 12.2 Å². The van der Waals surface area contributed by atoms with Gasteiger partial charge in [-0.15, -0.1) is 0 Å². The first-order valence-corrected chi connectivity index (χ1v) is 6.55. The first kappa shape index (κ1) is 12.1. The summed E-state index contributed by atoms with van der Waals surface area (Å²) in [6.45, 7) is 5.32. The smallest absolute Gasteiger partial charge is 0.0613 e. The molecule has 0 aromatic heterocycles. The molecule has 0 amide bonds. The van der Waals surface area contributed by atoms with Gasteiger partial charge in [-0.05, 0) is 31.1 Å². The van der Waals surface area contributed by atoms with Crippen LogP contribution in [0.2, 0.25) is 0 Å². The zero-order valence-corrected chi connectivity index (χ0v) is 10.2. The average molecular weight is 224 g/mol. The second-order valence-corrected chi connectivity index (χ2v) is 5.07. The molecular formula is C13H24N2O. The van der Waals surface area contributed by atoms with Crippen LogP contribution < -0.4 is 11.1 Å². The van der Waals surface area contributed by atoms with Crippen molar-refractivity contribution in [3.63, 3.8) is 0 Å². The lowest BCUT2D eigenvalue weighted by Crippen LogP contribution is -2.31. The summed E-state index contributed by atoms with van der Waals surface area (Å²) in [5.41, 5.74) is 5.83. The average Bonchev–Trinajstić information content (AvgIpc) is 2.87. The van der Waals surface area contributed by atoms with Gasteiger partial charge in [0.05, 0.1) is 6.10 Å². The summed E-state index contributed by atoms with van der Waals surface area (Å²) in [7, 11) is 0. The molecule has 2 rings (SSSR count). The standard InChI is InChI=1S/C13H24N2O/c1-2-13-11(5-6-16-13)9-15-8-10-3-4-12(14)7-10/h3-4,10-13,15H,2,5-9,14H2,1H3. The van der Waals surface area contributed by atoms with E-state index in [1.54, 1.807) is 0 Å². The summed E-state index contributed by atoms with van der Waals surface area (Å²) >= 11 is 0. The SMILES string of the molecule is CCC1OCCC1CNCC1C=CC(N)C1. The molecule has 1 aliphatic heterocycles. The van der Waals surface area contributed by atoms with Crippen molar-refractivity contribution in [2.45, 2.75) is 38.3 Å². The van der Waals surface area contributed by atoms with Crippen LogP contribution in [0.3, 0.4) is 0 Å². The van der Waals surface area contributed by atoms with Gasteiger partial charge in [-0.1, -0.05) is 19.1 Å². The van der Waals surface area contributed by atoms with Gasteiger partial charge in [0, 0.05) is 25.7 Å². The normalized spacial score (nSPS) is 38.4. The molecule has 16 heavy (non-hydrogen) atoms.